The average molecular weight is 400 g/mol. The van der Waals surface area contributed by atoms with Gasteiger partial charge in [0.2, 0.25) is 0 Å². The Morgan fingerprint density at radius 2 is 1.52 bits per heavy atom. The van der Waals surface area contributed by atoms with Gasteiger partial charge >= 0.3 is 0 Å². The summed E-state index contributed by atoms with van der Waals surface area (Å²) in [6, 6.07) is 19.7. The van der Waals surface area contributed by atoms with E-state index in [0.717, 1.165) is 11.1 Å². The molecule has 2 heterocycles. The number of hydrogen-bond donors (Lipinski definition) is 1. The molecule has 5 atom stereocenters. The molecule has 1 N–H and O–H groups in total. The Balaban J connectivity index is 1.41. The second-order valence-electron chi connectivity index (χ2n) is 7.90. The normalized spacial score (nSPS) is 30.8. The highest BCUT2D eigenvalue weighted by Crippen LogP contribution is 2.37. The third kappa shape index (κ3) is 5.04. The molecular weight excluding hydrogens is 372 g/mol. The van der Waals surface area contributed by atoms with Crippen LogP contribution in [0.5, 0.6) is 0 Å². The van der Waals surface area contributed by atoms with Crippen LogP contribution in [-0.4, -0.2) is 48.2 Å². The lowest BCUT2D eigenvalue weighted by Gasteiger charge is -2.40. The number of aliphatic hydroxyl groups is 1. The van der Waals surface area contributed by atoms with Gasteiger partial charge in [-0.25, -0.2) is 0 Å². The molecule has 0 spiro atoms. The summed E-state index contributed by atoms with van der Waals surface area (Å²) in [5, 5.41) is 11.0. The van der Waals surface area contributed by atoms with Crippen molar-refractivity contribution in [1.29, 1.82) is 0 Å². The quantitative estimate of drug-likeness (QED) is 0.771. The molecule has 29 heavy (non-hydrogen) atoms. The predicted molar refractivity (Wildman–Crippen MR) is 106 cm³/mol. The summed E-state index contributed by atoms with van der Waals surface area (Å²) >= 11 is 0. The van der Waals surface area contributed by atoms with Crippen molar-refractivity contribution >= 4 is 0 Å². The van der Waals surface area contributed by atoms with Crippen molar-refractivity contribution in [3.8, 4) is 0 Å². The van der Waals surface area contributed by atoms with Crippen LogP contribution in [0.15, 0.2) is 60.7 Å². The van der Waals surface area contributed by atoms with Crippen LogP contribution in [0.3, 0.4) is 0 Å². The van der Waals surface area contributed by atoms with E-state index in [2.05, 4.69) is 0 Å². The van der Waals surface area contributed by atoms with Gasteiger partial charge in [0.05, 0.1) is 19.8 Å². The van der Waals surface area contributed by atoms with Gasteiger partial charge in [-0.3, -0.25) is 0 Å². The largest absolute Gasteiger partial charge is 0.387 e. The molecule has 6 nitrogen and oxygen atoms in total. The van der Waals surface area contributed by atoms with Gasteiger partial charge in [0.1, 0.15) is 24.4 Å². The Hall–Kier alpha value is -1.80. The fourth-order valence-corrected chi connectivity index (χ4v) is 3.71. The smallest absolute Gasteiger partial charge is 0.190 e. The second kappa shape index (κ2) is 8.92. The van der Waals surface area contributed by atoms with Crippen LogP contribution in [0, 0.1) is 0 Å². The van der Waals surface area contributed by atoms with Crippen LogP contribution in [0.4, 0.5) is 0 Å². The fourth-order valence-electron chi connectivity index (χ4n) is 3.71. The maximum absolute atomic E-state index is 11.0. The zero-order chi connectivity index (χ0) is 20.3. The van der Waals surface area contributed by atoms with E-state index >= 15 is 0 Å². The van der Waals surface area contributed by atoms with Gasteiger partial charge in [-0.2, -0.15) is 0 Å². The lowest BCUT2D eigenvalue weighted by atomic mass is 9.99. The zero-order valence-electron chi connectivity index (χ0n) is 16.8. The number of aliphatic hydroxyl groups excluding tert-OH is 1. The molecule has 2 aliphatic heterocycles. The van der Waals surface area contributed by atoms with Crippen molar-refractivity contribution in [3.63, 3.8) is 0 Å². The van der Waals surface area contributed by atoms with Crippen molar-refractivity contribution in [3.05, 3.63) is 71.8 Å². The highest BCUT2D eigenvalue weighted by Gasteiger charge is 2.54. The van der Waals surface area contributed by atoms with E-state index < -0.39 is 36.5 Å². The molecule has 0 saturated carbocycles. The third-order valence-corrected chi connectivity index (χ3v) is 5.12. The highest BCUT2D eigenvalue weighted by atomic mass is 16.8. The van der Waals surface area contributed by atoms with Crippen LogP contribution >= 0.6 is 0 Å². The SMILES string of the molecule is CC1(C)O[C@H]2O[C@H](COCc3ccccc3)[C@@H](O)[C@H](OCc3ccccc3)[C@H]2O1. The van der Waals surface area contributed by atoms with Gasteiger partial charge in [0.15, 0.2) is 12.1 Å². The van der Waals surface area contributed by atoms with Gasteiger partial charge in [0.25, 0.3) is 0 Å². The molecule has 156 valence electrons. The Kier molecular flexibility index (Phi) is 6.29. The summed E-state index contributed by atoms with van der Waals surface area (Å²) in [5.41, 5.74) is 2.09. The topological polar surface area (TPSA) is 66.4 Å². The van der Waals surface area contributed by atoms with E-state index in [1.54, 1.807) is 0 Å². The first-order valence-electron chi connectivity index (χ1n) is 9.98. The summed E-state index contributed by atoms with van der Waals surface area (Å²) in [6.45, 7) is 4.70. The molecule has 0 amide bonds. The molecule has 2 aliphatic rings. The zero-order valence-corrected chi connectivity index (χ0v) is 16.8. The van der Waals surface area contributed by atoms with Gasteiger partial charge in [-0.1, -0.05) is 60.7 Å². The van der Waals surface area contributed by atoms with Crippen molar-refractivity contribution in [2.45, 2.75) is 63.6 Å². The van der Waals surface area contributed by atoms with Gasteiger partial charge in [0, 0.05) is 0 Å². The minimum Gasteiger partial charge on any atom is -0.387 e. The van der Waals surface area contributed by atoms with E-state index in [1.165, 1.54) is 0 Å². The Morgan fingerprint density at radius 1 is 0.897 bits per heavy atom. The first-order chi connectivity index (χ1) is 14.0. The predicted octanol–water partition coefficient (Wildman–Crippen LogP) is 3.03. The molecule has 6 heteroatoms. The van der Waals surface area contributed by atoms with E-state index in [1.807, 2.05) is 74.5 Å². The number of benzene rings is 2. The molecule has 2 aromatic rings. The lowest BCUT2D eigenvalue weighted by molar-refractivity contribution is -0.268. The molecule has 2 fully saturated rings. The van der Waals surface area contributed by atoms with E-state index in [-0.39, 0.29) is 6.61 Å². The molecule has 0 bridgehead atoms. The summed E-state index contributed by atoms with van der Waals surface area (Å²) in [5.74, 6) is -0.802. The summed E-state index contributed by atoms with van der Waals surface area (Å²) in [4.78, 5) is 0. The number of ether oxygens (including phenoxy) is 5. The maximum atomic E-state index is 11.0. The second-order valence-corrected chi connectivity index (χ2v) is 7.90. The van der Waals surface area contributed by atoms with Crippen molar-refractivity contribution in [2.24, 2.45) is 0 Å². The summed E-state index contributed by atoms with van der Waals surface area (Å²) in [6.07, 6.45) is -3.17. The molecule has 4 rings (SSSR count). The molecule has 0 unspecified atom stereocenters. The van der Waals surface area contributed by atoms with Gasteiger partial charge in [-0.15, -0.1) is 0 Å². The third-order valence-electron chi connectivity index (χ3n) is 5.12. The Labute approximate surface area is 171 Å². The first kappa shape index (κ1) is 20.5. The first-order valence-corrected chi connectivity index (χ1v) is 9.98. The standard InChI is InChI=1S/C23H28O6/c1-23(2)28-21-20(26-14-17-11-7-4-8-12-17)19(24)18(27-22(21)29-23)15-25-13-16-9-5-3-6-10-16/h3-12,18-22,24H,13-15H2,1-2H3/t18-,19-,20+,21-,22-/m1/s1. The van der Waals surface area contributed by atoms with Gasteiger partial charge in [-0.05, 0) is 25.0 Å². The Bertz CT molecular complexity index is 765. The van der Waals surface area contributed by atoms with Gasteiger partial charge < -0.3 is 28.8 Å². The summed E-state index contributed by atoms with van der Waals surface area (Å²) < 4.78 is 29.7. The van der Waals surface area contributed by atoms with Crippen LogP contribution in [-0.2, 0) is 36.9 Å². The average Bonchev–Trinajstić information content (AvgIpc) is 3.03. The minimum absolute atomic E-state index is 0.230. The number of rotatable bonds is 7. The van der Waals surface area contributed by atoms with E-state index in [9.17, 15) is 5.11 Å². The summed E-state index contributed by atoms with van der Waals surface area (Å²) in [7, 11) is 0. The van der Waals surface area contributed by atoms with Crippen molar-refractivity contribution < 1.29 is 28.8 Å². The van der Waals surface area contributed by atoms with Crippen LogP contribution in [0.1, 0.15) is 25.0 Å². The monoisotopic (exact) mass is 400 g/mol. The molecule has 0 aliphatic carbocycles. The Morgan fingerprint density at radius 3 is 2.17 bits per heavy atom. The maximum Gasteiger partial charge on any atom is 0.190 e. The van der Waals surface area contributed by atoms with E-state index in [0.29, 0.717) is 13.2 Å². The fraction of sp³-hybridized carbons (Fsp3) is 0.478. The number of hydrogen-bond acceptors (Lipinski definition) is 6. The minimum atomic E-state index is -0.895. The van der Waals surface area contributed by atoms with Crippen LogP contribution in [0.25, 0.3) is 0 Å². The molecule has 2 saturated heterocycles. The van der Waals surface area contributed by atoms with Crippen molar-refractivity contribution in [2.75, 3.05) is 6.61 Å². The van der Waals surface area contributed by atoms with Crippen molar-refractivity contribution in [1.82, 2.24) is 0 Å². The molecule has 0 radical (unpaired) electrons. The van der Waals surface area contributed by atoms with E-state index in [4.69, 9.17) is 23.7 Å². The van der Waals surface area contributed by atoms with Crippen LogP contribution < -0.4 is 0 Å². The molecule has 0 aromatic heterocycles. The molecular formula is C23H28O6. The van der Waals surface area contributed by atoms with Crippen LogP contribution in [0.2, 0.25) is 0 Å². The molecule has 2 aromatic carbocycles. The lowest BCUT2D eigenvalue weighted by Crippen LogP contribution is -2.58. The highest BCUT2D eigenvalue weighted by molar-refractivity contribution is 5.14. The number of fused-ring (bicyclic) bond motifs is 1.